The van der Waals surface area contributed by atoms with Crippen LogP contribution in [-0.4, -0.2) is 36.7 Å². The molecule has 0 aliphatic carbocycles. The van der Waals surface area contributed by atoms with E-state index in [1.807, 2.05) is 13.8 Å². The van der Waals surface area contributed by atoms with Crippen LogP contribution in [0.1, 0.15) is 20.8 Å². The first-order chi connectivity index (χ1) is 6.61. The fourth-order valence-electron chi connectivity index (χ4n) is 0.977. The molecule has 4 nitrogen and oxygen atoms in total. The molecule has 0 saturated heterocycles. The maximum absolute atomic E-state index is 11.4. The average Bonchev–Trinajstić information content (AvgIpc) is 2.14. The van der Waals surface area contributed by atoms with E-state index in [1.54, 1.807) is 24.1 Å². The second kappa shape index (κ2) is 7.12. The van der Waals surface area contributed by atoms with Crippen LogP contribution in [0.2, 0.25) is 0 Å². The molecule has 0 fully saturated rings. The van der Waals surface area contributed by atoms with Crippen LogP contribution in [0, 0.1) is 0 Å². The summed E-state index contributed by atoms with van der Waals surface area (Å²) in [5, 5.41) is 0. The van der Waals surface area contributed by atoms with Crippen molar-refractivity contribution >= 4 is 12.1 Å². The summed E-state index contributed by atoms with van der Waals surface area (Å²) in [4.78, 5) is 17.1. The molecule has 0 aromatic heterocycles. The summed E-state index contributed by atoms with van der Waals surface area (Å²) in [7, 11) is 0. The Labute approximate surface area is 85.5 Å². The molecule has 80 valence electrons. The van der Waals surface area contributed by atoms with Gasteiger partial charge in [-0.3, -0.25) is 9.79 Å². The highest BCUT2D eigenvalue weighted by Crippen LogP contribution is 1.89. The number of carbonyl (C=O) groups is 1. The first kappa shape index (κ1) is 12.7. The Morgan fingerprint density at radius 3 is 2.43 bits per heavy atom. The van der Waals surface area contributed by atoms with Gasteiger partial charge in [-0.05, 0) is 26.8 Å². The fraction of sp³-hybridized carbons (Fsp3) is 0.600. The van der Waals surface area contributed by atoms with Gasteiger partial charge in [-0.15, -0.1) is 0 Å². The van der Waals surface area contributed by atoms with Crippen molar-refractivity contribution in [3.05, 3.63) is 11.8 Å². The lowest BCUT2D eigenvalue weighted by atomic mass is 10.4. The lowest BCUT2D eigenvalue weighted by Crippen LogP contribution is -2.32. The second-order valence-electron chi connectivity index (χ2n) is 2.97. The van der Waals surface area contributed by atoms with E-state index in [1.165, 1.54) is 0 Å². The fourth-order valence-corrected chi connectivity index (χ4v) is 0.977. The number of amides is 1. The van der Waals surface area contributed by atoms with Crippen LogP contribution in [-0.2, 0) is 4.79 Å². The zero-order valence-corrected chi connectivity index (χ0v) is 9.16. The Morgan fingerprint density at radius 1 is 1.43 bits per heavy atom. The molecular formula is C10H19N3O. The van der Waals surface area contributed by atoms with Crippen LogP contribution in [0.4, 0.5) is 0 Å². The van der Waals surface area contributed by atoms with Crippen molar-refractivity contribution in [3.8, 4) is 0 Å². The van der Waals surface area contributed by atoms with E-state index in [0.29, 0.717) is 5.70 Å². The number of allylic oxidation sites excluding steroid dienone is 2. The van der Waals surface area contributed by atoms with Crippen LogP contribution in [0.25, 0.3) is 0 Å². The number of aliphatic imine (C=N–C) groups is 1. The molecule has 0 aliphatic rings. The van der Waals surface area contributed by atoms with Crippen molar-refractivity contribution in [1.29, 1.82) is 0 Å². The Kier molecular flexibility index (Phi) is 6.45. The zero-order valence-electron chi connectivity index (χ0n) is 9.16. The zero-order chi connectivity index (χ0) is 11.0. The maximum Gasteiger partial charge on any atom is 0.244 e. The van der Waals surface area contributed by atoms with Gasteiger partial charge in [0.25, 0.3) is 0 Å². The van der Waals surface area contributed by atoms with Crippen LogP contribution >= 0.6 is 0 Å². The minimum Gasteiger partial charge on any atom is -0.402 e. The number of hydrogen-bond acceptors (Lipinski definition) is 3. The van der Waals surface area contributed by atoms with Crippen LogP contribution < -0.4 is 5.73 Å². The monoisotopic (exact) mass is 197 g/mol. The summed E-state index contributed by atoms with van der Waals surface area (Å²) in [5.41, 5.74) is 6.08. The topological polar surface area (TPSA) is 58.7 Å². The van der Waals surface area contributed by atoms with Gasteiger partial charge in [-0.2, -0.15) is 0 Å². The van der Waals surface area contributed by atoms with Crippen molar-refractivity contribution < 1.29 is 4.79 Å². The Morgan fingerprint density at radius 2 is 2.00 bits per heavy atom. The molecule has 0 rings (SSSR count). The van der Waals surface area contributed by atoms with E-state index in [9.17, 15) is 4.79 Å². The maximum atomic E-state index is 11.4. The van der Waals surface area contributed by atoms with Gasteiger partial charge in [0.05, 0.1) is 0 Å². The van der Waals surface area contributed by atoms with Gasteiger partial charge in [0.1, 0.15) is 6.54 Å². The van der Waals surface area contributed by atoms with Crippen molar-refractivity contribution in [2.24, 2.45) is 10.7 Å². The van der Waals surface area contributed by atoms with Crippen molar-refractivity contribution in [3.63, 3.8) is 0 Å². The molecule has 0 atom stereocenters. The molecule has 0 aromatic rings. The summed E-state index contributed by atoms with van der Waals surface area (Å²) >= 11 is 0. The van der Waals surface area contributed by atoms with Gasteiger partial charge < -0.3 is 10.6 Å². The number of nitrogens with two attached hydrogens (primary N) is 1. The van der Waals surface area contributed by atoms with Gasteiger partial charge in [0.15, 0.2) is 0 Å². The van der Waals surface area contributed by atoms with Gasteiger partial charge >= 0.3 is 0 Å². The third-order valence-electron chi connectivity index (χ3n) is 1.79. The molecule has 0 spiro atoms. The lowest BCUT2D eigenvalue weighted by Gasteiger charge is -2.16. The van der Waals surface area contributed by atoms with Crippen molar-refractivity contribution in [1.82, 2.24) is 4.90 Å². The summed E-state index contributed by atoms with van der Waals surface area (Å²) < 4.78 is 0. The lowest BCUT2D eigenvalue weighted by molar-refractivity contribution is -0.129. The summed E-state index contributed by atoms with van der Waals surface area (Å²) in [6.45, 7) is 7.35. The Bertz CT molecular complexity index is 226. The smallest absolute Gasteiger partial charge is 0.244 e. The number of hydrogen-bond donors (Lipinski definition) is 1. The normalized spacial score (nSPS) is 12.1. The Balaban J connectivity index is 3.95. The molecule has 0 aromatic carbocycles. The third kappa shape index (κ3) is 5.35. The molecule has 1 amide bonds. The molecule has 2 N–H and O–H groups in total. The van der Waals surface area contributed by atoms with Crippen LogP contribution in [0.5, 0.6) is 0 Å². The molecule has 4 heteroatoms. The largest absolute Gasteiger partial charge is 0.402 e. The van der Waals surface area contributed by atoms with Gasteiger partial charge in [0.2, 0.25) is 5.91 Å². The SMILES string of the molecule is CCN(CC)C(=O)CN=CC=C(C)N. The predicted octanol–water partition coefficient (Wildman–Crippen LogP) is 0.788. The molecule has 0 aliphatic heterocycles. The molecule has 0 heterocycles. The molecule has 0 radical (unpaired) electrons. The van der Waals surface area contributed by atoms with Gasteiger partial charge in [-0.25, -0.2) is 0 Å². The molecule has 14 heavy (non-hydrogen) atoms. The van der Waals surface area contributed by atoms with Gasteiger partial charge in [0, 0.05) is 25.0 Å². The standard InChI is InChI=1S/C10H19N3O/c1-4-13(5-2)10(14)8-12-7-6-9(3)11/h6-7H,4-5,8,11H2,1-3H3. The predicted molar refractivity (Wildman–Crippen MR) is 59.2 cm³/mol. The van der Waals surface area contributed by atoms with Crippen molar-refractivity contribution in [2.75, 3.05) is 19.6 Å². The van der Waals surface area contributed by atoms with E-state index in [2.05, 4.69) is 4.99 Å². The van der Waals surface area contributed by atoms with Crippen LogP contribution in [0.3, 0.4) is 0 Å². The number of likely N-dealkylation sites (N-methyl/N-ethyl adjacent to an activating group) is 1. The van der Waals surface area contributed by atoms with E-state index in [4.69, 9.17) is 5.73 Å². The molecular weight excluding hydrogens is 178 g/mol. The highest BCUT2D eigenvalue weighted by atomic mass is 16.2. The minimum atomic E-state index is 0.0503. The van der Waals surface area contributed by atoms with Gasteiger partial charge in [-0.1, -0.05) is 0 Å². The first-order valence-corrected chi connectivity index (χ1v) is 4.81. The second-order valence-corrected chi connectivity index (χ2v) is 2.97. The number of rotatable bonds is 5. The first-order valence-electron chi connectivity index (χ1n) is 4.81. The van der Waals surface area contributed by atoms with E-state index in [0.717, 1.165) is 13.1 Å². The summed E-state index contributed by atoms with van der Waals surface area (Å²) in [6.07, 6.45) is 3.24. The highest BCUT2D eigenvalue weighted by Gasteiger charge is 2.06. The van der Waals surface area contributed by atoms with E-state index >= 15 is 0 Å². The highest BCUT2D eigenvalue weighted by molar-refractivity contribution is 5.81. The molecule has 0 bridgehead atoms. The quantitative estimate of drug-likeness (QED) is 0.662. The molecule has 0 unspecified atom stereocenters. The molecule has 0 saturated carbocycles. The minimum absolute atomic E-state index is 0.0503. The van der Waals surface area contributed by atoms with E-state index in [-0.39, 0.29) is 12.5 Å². The number of nitrogens with zero attached hydrogens (tertiary/aromatic N) is 2. The van der Waals surface area contributed by atoms with Crippen LogP contribution in [0.15, 0.2) is 16.8 Å². The van der Waals surface area contributed by atoms with Crippen molar-refractivity contribution in [2.45, 2.75) is 20.8 Å². The summed E-state index contributed by atoms with van der Waals surface area (Å²) in [6, 6.07) is 0. The summed E-state index contributed by atoms with van der Waals surface area (Å²) in [5.74, 6) is 0.0503. The third-order valence-corrected chi connectivity index (χ3v) is 1.79. The average molecular weight is 197 g/mol. The number of carbonyl (C=O) groups excluding carboxylic acids is 1. The Hall–Kier alpha value is -1.32. The van der Waals surface area contributed by atoms with E-state index < -0.39 is 0 Å².